The Balaban J connectivity index is 1.94. The van der Waals surface area contributed by atoms with Crippen LogP contribution in [0.1, 0.15) is 238 Å². The molecule has 2 rings (SSSR count). The second kappa shape index (κ2) is 36.5. The lowest BCUT2D eigenvalue weighted by molar-refractivity contribution is -0.0312. The molecule has 8 heteroatoms. The summed E-state index contributed by atoms with van der Waals surface area (Å²) in [6.45, 7) is 26.1. The Morgan fingerprint density at radius 3 is 1.88 bits per heavy atom. The minimum atomic E-state index is -2.48. The maximum absolute atomic E-state index is 9.32. The van der Waals surface area contributed by atoms with Crippen LogP contribution in [0.4, 0.5) is 0 Å². The van der Waals surface area contributed by atoms with E-state index in [1.807, 2.05) is 0 Å². The van der Waals surface area contributed by atoms with E-state index in [0.717, 1.165) is 99.1 Å². The van der Waals surface area contributed by atoms with Crippen molar-refractivity contribution in [2.45, 2.75) is 267 Å². The standard InChI is InChI=1S/C58H109NO6Si/c1-11-12-13-14-15-16-17-18-19-20-21-22-23-24-27-38-56(65-66(9,10)62-47-29-26-25-28-42-59(43-45-60)44-46-61)63-55-48-52(6)57-54(53(55)7)39-41-58(8,64-57)40-32-37-51(5)36-31-35-50(4)34-30-33-49(2)3/h18-19,48-51,56,60-61H,11-17,20-47H2,1-10H3/b19-18-. The first kappa shape index (κ1) is 60.7. The second-order valence-corrected chi connectivity index (χ2v) is 25.3. The molecule has 1 aromatic rings. The van der Waals surface area contributed by atoms with Crippen LogP contribution in [0.3, 0.4) is 0 Å². The SMILES string of the molecule is CCCCCCCC/C=C\CCCCCCCC(Oc1cc(C)c2c(c1C)CCC(C)(CCCC(C)CCCC(C)CCCC(C)C)O2)O[Si](C)(C)OCCCCCCN(CCO)CCO. The monoisotopic (exact) mass is 944 g/mol. The van der Waals surface area contributed by atoms with Crippen LogP contribution in [0.15, 0.2) is 18.2 Å². The Labute approximate surface area is 410 Å². The molecule has 0 saturated carbocycles. The van der Waals surface area contributed by atoms with Crippen LogP contribution in [0.2, 0.25) is 13.1 Å². The average molecular weight is 945 g/mol. The summed E-state index contributed by atoms with van der Waals surface area (Å²) >= 11 is 0. The number of unbranched alkanes of at least 4 members (excludes halogenated alkanes) is 14. The third-order valence-corrected chi connectivity index (χ3v) is 16.1. The molecule has 0 fully saturated rings. The summed E-state index contributed by atoms with van der Waals surface area (Å²) in [7, 11) is -2.48. The Bertz CT molecular complexity index is 1360. The van der Waals surface area contributed by atoms with E-state index >= 15 is 0 Å². The first-order valence-electron chi connectivity index (χ1n) is 28.1. The van der Waals surface area contributed by atoms with Gasteiger partial charge in [0.15, 0.2) is 6.29 Å². The summed E-state index contributed by atoms with van der Waals surface area (Å²) in [5.74, 6) is 4.48. The molecule has 2 N–H and O–H groups in total. The first-order chi connectivity index (χ1) is 31.7. The van der Waals surface area contributed by atoms with Gasteiger partial charge in [0, 0.05) is 31.7 Å². The van der Waals surface area contributed by atoms with Gasteiger partial charge in [0.1, 0.15) is 17.1 Å². The largest absolute Gasteiger partial charge is 0.487 e. The van der Waals surface area contributed by atoms with Crippen molar-refractivity contribution in [1.29, 1.82) is 0 Å². The van der Waals surface area contributed by atoms with E-state index in [1.54, 1.807) is 0 Å². The van der Waals surface area contributed by atoms with Crippen LogP contribution in [0.5, 0.6) is 11.5 Å². The van der Waals surface area contributed by atoms with Gasteiger partial charge in [-0.15, -0.1) is 0 Å². The van der Waals surface area contributed by atoms with Gasteiger partial charge in [-0.3, -0.25) is 4.90 Å². The summed E-state index contributed by atoms with van der Waals surface area (Å²) < 4.78 is 27.3. The minimum Gasteiger partial charge on any atom is -0.487 e. The molecule has 66 heavy (non-hydrogen) atoms. The van der Waals surface area contributed by atoms with Crippen molar-refractivity contribution in [3.05, 3.63) is 34.9 Å². The quantitative estimate of drug-likeness (QED) is 0.0292. The fourth-order valence-corrected chi connectivity index (χ4v) is 11.4. The molecule has 1 heterocycles. The van der Waals surface area contributed by atoms with E-state index in [0.29, 0.717) is 19.7 Å². The van der Waals surface area contributed by atoms with Crippen LogP contribution in [-0.2, 0) is 15.3 Å². The molecular formula is C58H109NO6Si. The van der Waals surface area contributed by atoms with E-state index in [9.17, 15) is 10.2 Å². The van der Waals surface area contributed by atoms with Gasteiger partial charge in [-0.1, -0.05) is 156 Å². The Morgan fingerprint density at radius 2 is 1.26 bits per heavy atom. The zero-order valence-corrected chi connectivity index (χ0v) is 46.3. The molecule has 0 radical (unpaired) electrons. The zero-order chi connectivity index (χ0) is 48.5. The van der Waals surface area contributed by atoms with Crippen molar-refractivity contribution < 1.29 is 28.5 Å². The molecule has 0 aromatic heterocycles. The molecule has 0 amide bonds. The predicted molar refractivity (Wildman–Crippen MR) is 285 cm³/mol. The van der Waals surface area contributed by atoms with Gasteiger partial charge in [0.05, 0.1) is 13.2 Å². The molecule has 0 aliphatic carbocycles. The summed E-state index contributed by atoms with van der Waals surface area (Å²) in [5, 5.41) is 18.6. The fourth-order valence-electron chi connectivity index (χ4n) is 9.90. The van der Waals surface area contributed by atoms with E-state index in [2.05, 4.69) is 91.6 Å². The van der Waals surface area contributed by atoms with Crippen molar-refractivity contribution in [3.8, 4) is 11.5 Å². The Kier molecular flexibility index (Phi) is 33.6. The maximum Gasteiger partial charge on any atom is 0.334 e. The van der Waals surface area contributed by atoms with Gasteiger partial charge in [0.2, 0.25) is 0 Å². The van der Waals surface area contributed by atoms with Crippen LogP contribution < -0.4 is 9.47 Å². The van der Waals surface area contributed by atoms with Crippen LogP contribution in [0, 0.1) is 31.6 Å². The van der Waals surface area contributed by atoms with E-state index in [-0.39, 0.29) is 25.1 Å². The molecule has 7 nitrogen and oxygen atoms in total. The van der Waals surface area contributed by atoms with Gasteiger partial charge in [0.25, 0.3) is 0 Å². The van der Waals surface area contributed by atoms with E-state index in [4.69, 9.17) is 18.3 Å². The molecule has 1 aromatic carbocycles. The van der Waals surface area contributed by atoms with Crippen molar-refractivity contribution in [2.24, 2.45) is 17.8 Å². The number of nitrogens with zero attached hydrogens (tertiary/aromatic N) is 1. The second-order valence-electron chi connectivity index (χ2n) is 22.0. The van der Waals surface area contributed by atoms with Crippen molar-refractivity contribution >= 4 is 8.56 Å². The molecule has 4 unspecified atom stereocenters. The number of benzene rings is 1. The maximum atomic E-state index is 9.32. The lowest BCUT2D eigenvalue weighted by Crippen LogP contribution is -2.41. The predicted octanol–water partition coefficient (Wildman–Crippen LogP) is 16.2. The molecule has 1 aliphatic heterocycles. The highest BCUT2D eigenvalue weighted by atomic mass is 28.4. The molecule has 4 atom stereocenters. The summed E-state index contributed by atoms with van der Waals surface area (Å²) in [6.07, 6.45) is 40.2. The molecule has 0 spiro atoms. The van der Waals surface area contributed by atoms with Crippen LogP contribution >= 0.6 is 0 Å². The Hall–Kier alpha value is -1.42. The highest BCUT2D eigenvalue weighted by molar-refractivity contribution is 6.64. The third-order valence-electron chi connectivity index (χ3n) is 14.4. The number of hydrogen-bond acceptors (Lipinski definition) is 7. The highest BCUT2D eigenvalue weighted by Crippen LogP contribution is 2.43. The number of aliphatic hydroxyl groups is 2. The first-order valence-corrected chi connectivity index (χ1v) is 30.9. The number of aliphatic hydroxyl groups excluding tert-OH is 2. The number of fused-ring (bicyclic) bond motifs is 1. The lowest BCUT2D eigenvalue weighted by atomic mass is 9.84. The van der Waals surface area contributed by atoms with Gasteiger partial charge in [-0.2, -0.15) is 0 Å². The van der Waals surface area contributed by atoms with Gasteiger partial charge in [-0.05, 0) is 146 Å². The normalized spacial score (nSPS) is 16.9. The molecule has 0 bridgehead atoms. The third kappa shape index (κ3) is 28.3. The van der Waals surface area contributed by atoms with Crippen molar-refractivity contribution in [3.63, 3.8) is 0 Å². The summed E-state index contributed by atoms with van der Waals surface area (Å²) in [5.41, 5.74) is 3.54. The number of allylic oxidation sites excluding steroid dienone is 2. The highest BCUT2D eigenvalue weighted by Gasteiger charge is 2.35. The Morgan fingerprint density at radius 1 is 0.697 bits per heavy atom. The van der Waals surface area contributed by atoms with Crippen molar-refractivity contribution in [2.75, 3.05) is 39.5 Å². The van der Waals surface area contributed by atoms with Crippen molar-refractivity contribution in [1.82, 2.24) is 4.90 Å². The topological polar surface area (TPSA) is 80.6 Å². The van der Waals surface area contributed by atoms with Crippen LogP contribution in [-0.4, -0.2) is 75.0 Å². The number of rotatable bonds is 43. The number of ether oxygens (including phenoxy) is 2. The molecular weight excluding hydrogens is 835 g/mol. The minimum absolute atomic E-state index is 0.125. The van der Waals surface area contributed by atoms with Crippen LogP contribution in [0.25, 0.3) is 0 Å². The summed E-state index contributed by atoms with van der Waals surface area (Å²) in [4.78, 5) is 2.13. The number of aryl methyl sites for hydroxylation is 1. The molecule has 1 aliphatic rings. The molecule has 386 valence electrons. The lowest BCUT2D eigenvalue weighted by Gasteiger charge is -2.38. The van der Waals surface area contributed by atoms with E-state index < -0.39 is 8.56 Å². The van der Waals surface area contributed by atoms with Gasteiger partial charge < -0.3 is 28.5 Å². The fraction of sp³-hybridized carbons (Fsp3) is 0.862. The average Bonchev–Trinajstić information content (AvgIpc) is 3.26. The smallest absolute Gasteiger partial charge is 0.334 e. The zero-order valence-electron chi connectivity index (χ0n) is 45.3. The van der Waals surface area contributed by atoms with Gasteiger partial charge >= 0.3 is 8.56 Å². The molecule has 0 saturated heterocycles. The summed E-state index contributed by atoms with van der Waals surface area (Å²) in [6, 6.07) is 2.21. The number of hydrogen-bond donors (Lipinski definition) is 2. The van der Waals surface area contributed by atoms with E-state index in [1.165, 1.54) is 140 Å². The van der Waals surface area contributed by atoms with Gasteiger partial charge in [-0.25, -0.2) is 0 Å².